The molecule has 1 amide bonds. The maximum atomic E-state index is 11.5. The Balaban J connectivity index is 0. The van der Waals surface area contributed by atoms with Crippen molar-refractivity contribution in [2.45, 2.75) is 116 Å². The van der Waals surface area contributed by atoms with Gasteiger partial charge in [-0.05, 0) is 38.5 Å². The second kappa shape index (κ2) is 24.2. The highest BCUT2D eigenvalue weighted by Gasteiger charge is 2.05. The van der Waals surface area contributed by atoms with Crippen molar-refractivity contribution in [3.05, 3.63) is 12.2 Å². The predicted octanol–water partition coefficient (Wildman–Crippen LogP) is 5.50. The highest BCUT2D eigenvalue weighted by molar-refractivity contribution is 7.30. The van der Waals surface area contributed by atoms with Crippen molar-refractivity contribution in [1.29, 1.82) is 0 Å². The summed E-state index contributed by atoms with van der Waals surface area (Å²) in [5.74, 6) is -0.0259. The molecule has 7 heteroatoms. The van der Waals surface area contributed by atoms with E-state index in [-0.39, 0.29) is 5.91 Å². The van der Waals surface area contributed by atoms with Gasteiger partial charge in [-0.3, -0.25) is 4.79 Å². The third-order valence-electron chi connectivity index (χ3n) is 4.38. The number of rotatable bonds is 17. The van der Waals surface area contributed by atoms with Gasteiger partial charge in [-0.2, -0.15) is 0 Å². The van der Waals surface area contributed by atoms with E-state index in [2.05, 4.69) is 24.4 Å². The number of hydrogen-bond acceptors (Lipinski definition) is 3. The molecule has 0 aliphatic carbocycles. The third-order valence-corrected chi connectivity index (χ3v) is 4.38. The minimum absolute atomic E-state index is 0.0259. The molecule has 0 fully saturated rings. The smallest absolute Gasteiger partial charge is 0.374 e. The molecule has 0 rings (SSSR count). The number of hydrogen-bond donors (Lipinski definition) is 4. The highest BCUT2D eigenvalue weighted by atomic mass is 31.1. The second-order valence-electron chi connectivity index (χ2n) is 7.08. The van der Waals surface area contributed by atoms with Crippen LogP contribution in [-0.4, -0.2) is 27.0 Å². The van der Waals surface area contributed by atoms with E-state index in [0.29, 0.717) is 12.8 Å². The van der Waals surface area contributed by atoms with E-state index in [1.54, 1.807) is 0 Å². The van der Waals surface area contributed by atoms with Crippen molar-refractivity contribution >= 4 is 14.2 Å². The summed E-state index contributed by atoms with van der Waals surface area (Å²) in [5, 5.41) is 11.9. The van der Waals surface area contributed by atoms with Gasteiger partial charge in [-0.15, -0.1) is 9.79 Å². The molecule has 0 aliphatic rings. The van der Waals surface area contributed by atoms with Crippen LogP contribution in [0.2, 0.25) is 0 Å². The second-order valence-corrected chi connectivity index (χ2v) is 7.58. The molecule has 0 spiro atoms. The number of unbranched alkanes of at least 4 members (excludes halogenated alkanes) is 11. The van der Waals surface area contributed by atoms with Gasteiger partial charge in [0.1, 0.15) is 6.23 Å². The van der Waals surface area contributed by atoms with E-state index >= 15 is 0 Å². The summed E-state index contributed by atoms with van der Waals surface area (Å²) >= 11 is 0. The Bertz CT molecular complexity index is 387. The Labute approximate surface area is 172 Å². The van der Waals surface area contributed by atoms with Crippen molar-refractivity contribution in [3.8, 4) is 0 Å². The molecule has 0 aromatic heterocycles. The van der Waals surface area contributed by atoms with Gasteiger partial charge in [-0.1, -0.05) is 77.4 Å². The molecule has 6 nitrogen and oxygen atoms in total. The molecular weight excluding hydrogens is 377 g/mol. The molecule has 0 saturated heterocycles. The number of carbonyl (C=O) groups excluding carboxylic acids is 1. The van der Waals surface area contributed by atoms with Gasteiger partial charge >= 0.3 is 8.25 Å². The lowest BCUT2D eigenvalue weighted by atomic mass is 10.1. The molecule has 0 bridgehead atoms. The first-order valence-corrected chi connectivity index (χ1v) is 12.1. The quantitative estimate of drug-likeness (QED) is 0.108. The maximum Gasteiger partial charge on any atom is 0.692 e. The summed E-state index contributed by atoms with van der Waals surface area (Å²) in [6, 6.07) is 0. The van der Waals surface area contributed by atoms with Crippen molar-refractivity contribution in [2.24, 2.45) is 0 Å². The van der Waals surface area contributed by atoms with E-state index < -0.39 is 14.5 Å². The first-order valence-electron chi connectivity index (χ1n) is 10.9. The molecule has 4 N–H and O–H groups in total. The van der Waals surface area contributed by atoms with Gasteiger partial charge < -0.3 is 10.4 Å². The van der Waals surface area contributed by atoms with Crippen LogP contribution in [0.1, 0.15) is 110 Å². The van der Waals surface area contributed by atoms with Crippen LogP contribution in [0.25, 0.3) is 0 Å². The molecule has 28 heavy (non-hydrogen) atoms. The van der Waals surface area contributed by atoms with E-state index in [1.807, 2.05) is 6.92 Å². The lowest BCUT2D eigenvalue weighted by Gasteiger charge is -2.09. The van der Waals surface area contributed by atoms with Crippen LogP contribution in [0, 0.1) is 0 Å². The number of amides is 1. The van der Waals surface area contributed by atoms with E-state index in [1.165, 1.54) is 70.6 Å². The normalized spacial score (nSPS) is 11.8. The standard InChI is InChI=1S/C21H41NO2.HO3P/c1-3-5-6-7-8-9-10-11-12-13-14-15-16-17-18-19-21(24)22-20(23)4-2;1-4(2)3/h11-12,20,23H,3-10,13-19H2,1-2H3,(H,22,24);(H-,1,2,3)/p+1/b12-11-;. The van der Waals surface area contributed by atoms with E-state index in [9.17, 15) is 9.90 Å². The zero-order valence-corrected chi connectivity index (χ0v) is 18.8. The van der Waals surface area contributed by atoms with E-state index in [4.69, 9.17) is 14.4 Å². The molecule has 0 aromatic carbocycles. The van der Waals surface area contributed by atoms with Gasteiger partial charge in [0.05, 0.1) is 0 Å². The average molecular weight is 421 g/mol. The summed E-state index contributed by atoms with van der Waals surface area (Å²) in [6.07, 6.45) is 21.5. The van der Waals surface area contributed by atoms with Crippen LogP contribution in [0.5, 0.6) is 0 Å². The summed E-state index contributed by atoms with van der Waals surface area (Å²) in [4.78, 5) is 25.7. The predicted molar refractivity (Wildman–Crippen MR) is 116 cm³/mol. The fraction of sp³-hybridized carbons (Fsp3) is 0.857. The van der Waals surface area contributed by atoms with Gasteiger partial charge in [0.15, 0.2) is 0 Å². The van der Waals surface area contributed by atoms with Crippen LogP contribution >= 0.6 is 8.25 Å². The van der Waals surface area contributed by atoms with Crippen molar-refractivity contribution in [2.75, 3.05) is 0 Å². The summed E-state index contributed by atoms with van der Waals surface area (Å²) in [7, 11) is -2.87. The Morgan fingerprint density at radius 2 is 1.29 bits per heavy atom. The molecular formula is C21H43NO5P+. The number of aliphatic hydroxyl groups is 1. The molecule has 1 atom stereocenters. The largest absolute Gasteiger partial charge is 0.692 e. The Kier molecular flexibility index (Phi) is 25.4. The third kappa shape index (κ3) is 29.9. The first kappa shape index (κ1) is 29.4. The number of allylic oxidation sites excluding steroid dienone is 2. The van der Waals surface area contributed by atoms with Gasteiger partial charge in [-0.25, -0.2) is 0 Å². The number of nitrogens with one attached hydrogen (secondary N) is 1. The molecule has 0 aromatic rings. The maximum absolute atomic E-state index is 11.5. The summed E-state index contributed by atoms with van der Waals surface area (Å²) < 4.78 is 8.70. The molecule has 0 saturated carbocycles. The molecule has 0 aliphatic heterocycles. The minimum Gasteiger partial charge on any atom is -0.374 e. The van der Waals surface area contributed by atoms with Crippen molar-refractivity contribution in [1.82, 2.24) is 5.32 Å². The Hall–Kier alpha value is -0.810. The minimum atomic E-state index is -2.87. The summed E-state index contributed by atoms with van der Waals surface area (Å²) in [6.45, 7) is 4.12. The van der Waals surface area contributed by atoms with Crippen LogP contribution in [0.3, 0.4) is 0 Å². The molecule has 0 heterocycles. The molecule has 0 radical (unpaired) electrons. The van der Waals surface area contributed by atoms with E-state index in [0.717, 1.165) is 12.8 Å². The highest BCUT2D eigenvalue weighted by Crippen LogP contribution is 2.10. The zero-order valence-electron chi connectivity index (χ0n) is 17.9. The van der Waals surface area contributed by atoms with Crippen molar-refractivity contribution < 1.29 is 24.3 Å². The average Bonchev–Trinajstić information content (AvgIpc) is 2.64. The monoisotopic (exact) mass is 420 g/mol. The Morgan fingerprint density at radius 3 is 1.75 bits per heavy atom. The van der Waals surface area contributed by atoms with Crippen LogP contribution < -0.4 is 5.32 Å². The van der Waals surface area contributed by atoms with Crippen LogP contribution in [0.15, 0.2) is 12.2 Å². The zero-order chi connectivity index (χ0) is 21.5. The summed E-state index contributed by atoms with van der Waals surface area (Å²) in [5.41, 5.74) is 0. The number of carbonyl (C=O) groups is 1. The van der Waals surface area contributed by atoms with Gasteiger partial charge in [0.25, 0.3) is 0 Å². The SMILES string of the molecule is CCCCCCCC/C=C\CCCCCCCC(=O)NC(O)CC.O=[P+](O)O. The molecule has 1 unspecified atom stereocenters. The fourth-order valence-electron chi connectivity index (χ4n) is 2.72. The first-order chi connectivity index (χ1) is 13.4. The molecule has 166 valence electrons. The van der Waals surface area contributed by atoms with Gasteiger partial charge in [0, 0.05) is 11.0 Å². The topological polar surface area (TPSA) is 107 Å². The Morgan fingerprint density at radius 1 is 0.857 bits per heavy atom. The van der Waals surface area contributed by atoms with Crippen molar-refractivity contribution in [3.63, 3.8) is 0 Å². The van der Waals surface area contributed by atoms with Crippen LogP contribution in [-0.2, 0) is 9.36 Å². The lowest BCUT2D eigenvalue weighted by Crippen LogP contribution is -2.33. The number of aliphatic hydroxyl groups excluding tert-OH is 1. The van der Waals surface area contributed by atoms with Gasteiger partial charge in [0.2, 0.25) is 5.91 Å². The lowest BCUT2D eigenvalue weighted by molar-refractivity contribution is -0.124. The van der Waals surface area contributed by atoms with Crippen LogP contribution in [0.4, 0.5) is 0 Å². The fourth-order valence-corrected chi connectivity index (χ4v) is 2.72.